The van der Waals surface area contributed by atoms with Gasteiger partial charge in [-0.3, -0.25) is 10.1 Å². The number of carboxylic acids is 1. The molecule has 4 aromatic carbocycles. The van der Waals surface area contributed by atoms with Gasteiger partial charge in [0.1, 0.15) is 11.8 Å². The Morgan fingerprint density at radius 3 is 2.00 bits per heavy atom. The largest absolute Gasteiger partial charge is 0.480 e. The Morgan fingerprint density at radius 1 is 0.811 bits per heavy atom. The number of hydrogen-bond acceptors (Lipinski definition) is 5. The smallest absolute Gasteiger partial charge is 0.417 e. The molecule has 0 aliphatic heterocycles. The van der Waals surface area contributed by atoms with E-state index in [-0.39, 0.29) is 4.90 Å². The number of carbonyl (C=O) groups is 2. The molecular formula is C28H26N2O6S. The lowest BCUT2D eigenvalue weighted by Crippen LogP contribution is -2.44. The minimum Gasteiger partial charge on any atom is -0.480 e. The summed E-state index contributed by atoms with van der Waals surface area (Å²) in [5.74, 6) is -1.30. The Labute approximate surface area is 215 Å². The fraction of sp³-hybridized carbons (Fsp3) is 0.143. The third-order valence-corrected chi connectivity index (χ3v) is 7.23. The normalized spacial score (nSPS) is 12.3. The standard InChI is InChI=1S/C28H26N2O6S/c1-18(2)26(27(31)32)30-37(34,35)25-15-10-21(11-16-25)20-8-13-24(14-9-20)36-28(33)29-23-12-7-19-5-3-4-6-22(19)17-23/h3-18,26,30H,1-2H3,(H,29,33)(H,31,32). The molecule has 0 aliphatic rings. The van der Waals surface area contributed by atoms with E-state index in [2.05, 4.69) is 10.0 Å². The lowest BCUT2D eigenvalue weighted by Gasteiger charge is -2.18. The van der Waals surface area contributed by atoms with Gasteiger partial charge in [-0.1, -0.05) is 68.4 Å². The second-order valence-corrected chi connectivity index (χ2v) is 10.5. The first-order valence-electron chi connectivity index (χ1n) is 11.6. The average Bonchev–Trinajstić information content (AvgIpc) is 2.87. The maximum absolute atomic E-state index is 12.6. The molecule has 0 saturated carbocycles. The Bertz CT molecular complexity index is 1530. The molecule has 1 amide bonds. The number of nitrogens with one attached hydrogen (secondary N) is 2. The van der Waals surface area contributed by atoms with E-state index in [0.717, 1.165) is 21.9 Å². The number of hydrogen-bond donors (Lipinski definition) is 3. The summed E-state index contributed by atoms with van der Waals surface area (Å²) in [4.78, 5) is 23.7. The lowest BCUT2D eigenvalue weighted by molar-refractivity contribution is -0.140. The van der Waals surface area contributed by atoms with Gasteiger partial charge in [0.15, 0.2) is 0 Å². The van der Waals surface area contributed by atoms with Crippen molar-refractivity contribution in [2.45, 2.75) is 24.8 Å². The van der Waals surface area contributed by atoms with E-state index in [4.69, 9.17) is 4.74 Å². The first-order chi connectivity index (χ1) is 17.6. The number of carbonyl (C=O) groups excluding carboxylic acids is 1. The van der Waals surface area contributed by atoms with E-state index in [9.17, 15) is 23.1 Å². The number of sulfonamides is 1. The fourth-order valence-electron chi connectivity index (χ4n) is 3.77. The number of amides is 1. The van der Waals surface area contributed by atoms with Gasteiger partial charge in [-0.15, -0.1) is 0 Å². The van der Waals surface area contributed by atoms with E-state index < -0.39 is 34.0 Å². The molecule has 0 aromatic heterocycles. The number of carboxylic acid groups (broad SMARTS) is 1. The highest BCUT2D eigenvalue weighted by Gasteiger charge is 2.28. The van der Waals surface area contributed by atoms with Crippen molar-refractivity contribution in [3.8, 4) is 16.9 Å². The lowest BCUT2D eigenvalue weighted by atomic mass is 10.1. The van der Waals surface area contributed by atoms with E-state index in [0.29, 0.717) is 11.4 Å². The van der Waals surface area contributed by atoms with Crippen molar-refractivity contribution in [1.29, 1.82) is 0 Å². The third kappa shape index (κ3) is 6.32. The highest BCUT2D eigenvalue weighted by Crippen LogP contribution is 2.25. The summed E-state index contributed by atoms with van der Waals surface area (Å²) in [6.07, 6.45) is -0.619. The molecule has 3 N–H and O–H groups in total. The molecule has 1 unspecified atom stereocenters. The van der Waals surface area contributed by atoms with Crippen LogP contribution in [-0.2, 0) is 14.8 Å². The molecule has 8 nitrogen and oxygen atoms in total. The predicted octanol–water partition coefficient (Wildman–Crippen LogP) is 5.51. The Kier molecular flexibility index (Phi) is 7.56. The van der Waals surface area contributed by atoms with Crippen LogP contribution in [0.4, 0.5) is 10.5 Å². The zero-order valence-electron chi connectivity index (χ0n) is 20.2. The van der Waals surface area contributed by atoms with Crippen LogP contribution in [0.1, 0.15) is 13.8 Å². The van der Waals surface area contributed by atoms with E-state index >= 15 is 0 Å². The van der Waals surface area contributed by atoms with Crippen molar-refractivity contribution in [2.24, 2.45) is 5.92 Å². The first kappa shape index (κ1) is 25.9. The van der Waals surface area contributed by atoms with E-state index in [1.165, 1.54) is 12.1 Å². The minimum absolute atomic E-state index is 0.0338. The molecule has 0 spiro atoms. The van der Waals surface area contributed by atoms with Gasteiger partial charge in [0, 0.05) is 5.69 Å². The van der Waals surface area contributed by atoms with Crippen LogP contribution in [-0.4, -0.2) is 31.6 Å². The van der Waals surface area contributed by atoms with Gasteiger partial charge in [-0.2, -0.15) is 4.72 Å². The van der Waals surface area contributed by atoms with Gasteiger partial charge in [0.05, 0.1) is 4.90 Å². The Hall–Kier alpha value is -4.21. The summed E-state index contributed by atoms with van der Waals surface area (Å²) in [6, 6.07) is 25.0. The van der Waals surface area contributed by atoms with Crippen LogP contribution in [0.3, 0.4) is 0 Å². The SMILES string of the molecule is CC(C)C(NS(=O)(=O)c1ccc(-c2ccc(OC(=O)Nc3ccc4ccccc4c3)cc2)cc1)C(=O)O. The molecule has 0 aliphatic carbocycles. The van der Waals surface area contributed by atoms with Crippen LogP contribution in [0.5, 0.6) is 5.75 Å². The summed E-state index contributed by atoms with van der Waals surface area (Å²) in [5.41, 5.74) is 2.14. The second kappa shape index (κ2) is 10.8. The van der Waals surface area contributed by atoms with Gasteiger partial charge in [-0.25, -0.2) is 13.2 Å². The van der Waals surface area contributed by atoms with E-state index in [1.807, 2.05) is 36.4 Å². The average molecular weight is 519 g/mol. The summed E-state index contributed by atoms with van der Waals surface area (Å²) in [5, 5.41) is 14.1. The van der Waals surface area contributed by atoms with Gasteiger partial charge in [0.25, 0.3) is 0 Å². The van der Waals surface area contributed by atoms with Gasteiger partial charge in [-0.05, 0) is 64.2 Å². The van der Waals surface area contributed by atoms with Crippen LogP contribution < -0.4 is 14.8 Å². The highest BCUT2D eigenvalue weighted by molar-refractivity contribution is 7.89. The number of fused-ring (bicyclic) bond motifs is 1. The summed E-state index contributed by atoms with van der Waals surface area (Å²) < 4.78 is 32.8. The molecule has 1 atom stereocenters. The number of aliphatic carboxylic acids is 1. The van der Waals surface area contributed by atoms with Crippen molar-refractivity contribution in [2.75, 3.05) is 5.32 Å². The van der Waals surface area contributed by atoms with Crippen molar-refractivity contribution < 1.29 is 27.9 Å². The molecular weight excluding hydrogens is 492 g/mol. The molecule has 4 rings (SSSR count). The molecule has 0 fully saturated rings. The maximum atomic E-state index is 12.6. The van der Waals surface area contributed by atoms with Gasteiger partial charge >= 0.3 is 12.1 Å². The Morgan fingerprint density at radius 2 is 1.41 bits per heavy atom. The summed E-state index contributed by atoms with van der Waals surface area (Å²) in [7, 11) is -4.00. The van der Waals surface area contributed by atoms with Crippen LogP contribution in [0.15, 0.2) is 95.9 Å². The topological polar surface area (TPSA) is 122 Å². The minimum atomic E-state index is -4.00. The number of rotatable bonds is 8. The number of benzene rings is 4. The van der Waals surface area contributed by atoms with Crippen LogP contribution in [0.2, 0.25) is 0 Å². The monoisotopic (exact) mass is 518 g/mol. The zero-order chi connectivity index (χ0) is 26.6. The van der Waals surface area contributed by atoms with Crippen molar-refractivity contribution in [1.82, 2.24) is 4.72 Å². The maximum Gasteiger partial charge on any atom is 0.417 e. The van der Waals surface area contributed by atoms with Crippen LogP contribution in [0.25, 0.3) is 21.9 Å². The van der Waals surface area contributed by atoms with Gasteiger partial charge < -0.3 is 9.84 Å². The van der Waals surface area contributed by atoms with Crippen molar-refractivity contribution in [3.63, 3.8) is 0 Å². The summed E-state index contributed by atoms with van der Waals surface area (Å²) in [6.45, 7) is 3.26. The molecule has 37 heavy (non-hydrogen) atoms. The quantitative estimate of drug-likeness (QED) is 0.283. The van der Waals surface area contributed by atoms with Crippen LogP contribution in [0, 0.1) is 5.92 Å². The van der Waals surface area contributed by atoms with Gasteiger partial charge in [0.2, 0.25) is 10.0 Å². The molecule has 0 saturated heterocycles. The zero-order valence-corrected chi connectivity index (χ0v) is 21.0. The van der Waals surface area contributed by atoms with Crippen molar-refractivity contribution in [3.05, 3.63) is 91.0 Å². The third-order valence-electron chi connectivity index (χ3n) is 5.77. The first-order valence-corrected chi connectivity index (χ1v) is 13.0. The Balaban J connectivity index is 1.40. The molecule has 0 radical (unpaired) electrons. The second-order valence-electron chi connectivity index (χ2n) is 8.81. The molecule has 0 bridgehead atoms. The number of ether oxygens (including phenoxy) is 1. The molecule has 190 valence electrons. The van der Waals surface area contributed by atoms with Crippen molar-refractivity contribution >= 4 is 38.5 Å². The fourth-order valence-corrected chi connectivity index (χ4v) is 5.10. The molecule has 4 aromatic rings. The van der Waals surface area contributed by atoms with E-state index in [1.54, 1.807) is 56.3 Å². The molecule has 0 heterocycles. The molecule has 9 heteroatoms. The predicted molar refractivity (Wildman–Crippen MR) is 142 cm³/mol. The highest BCUT2D eigenvalue weighted by atomic mass is 32.2. The summed E-state index contributed by atoms with van der Waals surface area (Å²) >= 11 is 0. The number of anilines is 1. The van der Waals surface area contributed by atoms with Crippen LogP contribution >= 0.6 is 0 Å².